The third-order valence-corrected chi connectivity index (χ3v) is 2.49. The van der Waals surface area contributed by atoms with Gasteiger partial charge in [-0.3, -0.25) is 4.68 Å². The Morgan fingerprint density at radius 1 is 1.22 bits per heavy atom. The number of aryl methyl sites for hydroxylation is 1. The lowest BCUT2D eigenvalue weighted by Gasteiger charge is -2.05. The van der Waals surface area contributed by atoms with E-state index in [0.717, 1.165) is 24.2 Å². The molecular formula is C12H12F3N3. The summed E-state index contributed by atoms with van der Waals surface area (Å²) in [6.45, 7) is 3.07. The van der Waals surface area contributed by atoms with Gasteiger partial charge in [0.1, 0.15) is 0 Å². The van der Waals surface area contributed by atoms with E-state index in [1.165, 1.54) is 0 Å². The van der Waals surface area contributed by atoms with Crippen molar-refractivity contribution in [2.45, 2.75) is 20.0 Å². The van der Waals surface area contributed by atoms with E-state index in [0.29, 0.717) is 6.54 Å². The van der Waals surface area contributed by atoms with Crippen molar-refractivity contribution in [2.24, 2.45) is 0 Å². The molecule has 1 N–H and O–H groups in total. The molecule has 0 spiro atoms. The fourth-order valence-electron chi connectivity index (χ4n) is 1.53. The topological polar surface area (TPSA) is 29.9 Å². The molecule has 0 aliphatic carbocycles. The summed E-state index contributed by atoms with van der Waals surface area (Å²) >= 11 is 0. The quantitative estimate of drug-likeness (QED) is 0.851. The summed E-state index contributed by atoms with van der Waals surface area (Å²) < 4.78 is 40.4. The molecule has 2 rings (SSSR count). The smallest absolute Gasteiger partial charge is 0.194 e. The van der Waals surface area contributed by atoms with E-state index in [1.54, 1.807) is 10.9 Å². The minimum atomic E-state index is -1.46. The molecule has 0 bridgehead atoms. The molecule has 6 heteroatoms. The Kier molecular flexibility index (Phi) is 3.55. The summed E-state index contributed by atoms with van der Waals surface area (Å²) in [6.07, 6.45) is 3.48. The molecule has 0 atom stereocenters. The van der Waals surface area contributed by atoms with Gasteiger partial charge >= 0.3 is 0 Å². The molecule has 1 aromatic carbocycles. The molecular weight excluding hydrogens is 243 g/mol. The summed E-state index contributed by atoms with van der Waals surface area (Å²) in [5, 5.41) is 6.87. The van der Waals surface area contributed by atoms with Crippen LogP contribution in [0.15, 0.2) is 24.5 Å². The van der Waals surface area contributed by atoms with E-state index in [-0.39, 0.29) is 5.69 Å². The molecule has 0 aliphatic rings. The number of hydrogen-bond donors (Lipinski definition) is 1. The predicted molar refractivity (Wildman–Crippen MR) is 61.5 cm³/mol. The minimum Gasteiger partial charge on any atom is -0.381 e. The van der Waals surface area contributed by atoms with Gasteiger partial charge in [-0.1, -0.05) is 0 Å². The van der Waals surface area contributed by atoms with Crippen LogP contribution in [0.1, 0.15) is 12.5 Å². The first-order valence-electron chi connectivity index (χ1n) is 5.50. The number of nitrogens with one attached hydrogen (secondary N) is 1. The lowest BCUT2D eigenvalue weighted by atomic mass is 10.2. The summed E-state index contributed by atoms with van der Waals surface area (Å²) in [6, 6.07) is 1.84. The SMILES string of the molecule is CCn1cc(CNc2cc(F)c(F)c(F)c2)cn1. The second-order valence-corrected chi connectivity index (χ2v) is 3.81. The molecule has 0 amide bonds. The van der Waals surface area contributed by atoms with Crippen LogP contribution in [0, 0.1) is 17.5 Å². The Hall–Kier alpha value is -1.98. The predicted octanol–water partition coefficient (Wildman–Crippen LogP) is 2.93. The minimum absolute atomic E-state index is 0.190. The Bertz CT molecular complexity index is 528. The lowest BCUT2D eigenvalue weighted by Crippen LogP contribution is -2.01. The van der Waals surface area contributed by atoms with E-state index in [2.05, 4.69) is 10.4 Å². The van der Waals surface area contributed by atoms with Gasteiger partial charge in [-0.15, -0.1) is 0 Å². The molecule has 0 aliphatic heterocycles. The van der Waals surface area contributed by atoms with Gasteiger partial charge in [0, 0.05) is 42.7 Å². The Labute approximate surface area is 102 Å². The number of hydrogen-bond acceptors (Lipinski definition) is 2. The largest absolute Gasteiger partial charge is 0.381 e. The molecule has 1 heterocycles. The highest BCUT2D eigenvalue weighted by Gasteiger charge is 2.10. The summed E-state index contributed by atoms with van der Waals surface area (Å²) in [5.41, 5.74) is 1.07. The maximum absolute atomic E-state index is 13.0. The molecule has 1 aromatic heterocycles. The maximum Gasteiger partial charge on any atom is 0.194 e. The molecule has 0 fully saturated rings. The Morgan fingerprint density at radius 2 is 1.89 bits per heavy atom. The first-order chi connectivity index (χ1) is 8.60. The van der Waals surface area contributed by atoms with Crippen LogP contribution >= 0.6 is 0 Å². The zero-order valence-electron chi connectivity index (χ0n) is 9.75. The van der Waals surface area contributed by atoms with E-state index in [4.69, 9.17) is 0 Å². The van der Waals surface area contributed by atoms with Crippen molar-refractivity contribution < 1.29 is 13.2 Å². The monoisotopic (exact) mass is 255 g/mol. The van der Waals surface area contributed by atoms with Crippen LogP contribution < -0.4 is 5.32 Å². The van der Waals surface area contributed by atoms with Crippen LogP contribution in [-0.4, -0.2) is 9.78 Å². The number of aromatic nitrogens is 2. The van der Waals surface area contributed by atoms with E-state index in [9.17, 15) is 13.2 Å². The van der Waals surface area contributed by atoms with Crippen LogP contribution in [-0.2, 0) is 13.1 Å². The summed E-state index contributed by atoms with van der Waals surface area (Å²) in [5.74, 6) is -3.87. The summed E-state index contributed by atoms with van der Waals surface area (Å²) in [4.78, 5) is 0. The normalized spacial score (nSPS) is 10.7. The van der Waals surface area contributed by atoms with Gasteiger partial charge in [-0.2, -0.15) is 5.10 Å². The second-order valence-electron chi connectivity index (χ2n) is 3.81. The molecule has 96 valence electrons. The molecule has 2 aromatic rings. The summed E-state index contributed by atoms with van der Waals surface area (Å²) in [7, 11) is 0. The molecule has 0 radical (unpaired) electrons. The molecule has 0 saturated heterocycles. The average Bonchev–Trinajstić information content (AvgIpc) is 2.81. The first-order valence-corrected chi connectivity index (χ1v) is 5.50. The molecule has 3 nitrogen and oxygen atoms in total. The van der Waals surface area contributed by atoms with Crippen molar-refractivity contribution in [3.05, 3.63) is 47.5 Å². The van der Waals surface area contributed by atoms with Crippen LogP contribution in [0.4, 0.5) is 18.9 Å². The fraction of sp³-hybridized carbons (Fsp3) is 0.250. The highest BCUT2D eigenvalue weighted by atomic mass is 19.2. The Balaban J connectivity index is 2.06. The Morgan fingerprint density at radius 3 is 2.44 bits per heavy atom. The van der Waals surface area contributed by atoms with E-state index >= 15 is 0 Å². The van der Waals surface area contributed by atoms with Crippen LogP contribution in [0.25, 0.3) is 0 Å². The molecule has 0 saturated carbocycles. The zero-order chi connectivity index (χ0) is 13.1. The zero-order valence-corrected chi connectivity index (χ0v) is 9.75. The number of benzene rings is 1. The fourth-order valence-corrected chi connectivity index (χ4v) is 1.53. The van der Waals surface area contributed by atoms with Crippen LogP contribution in [0.2, 0.25) is 0 Å². The maximum atomic E-state index is 13.0. The van der Waals surface area contributed by atoms with E-state index < -0.39 is 17.5 Å². The molecule has 0 unspecified atom stereocenters. The number of halogens is 3. The van der Waals surface area contributed by atoms with Crippen LogP contribution in [0.3, 0.4) is 0 Å². The van der Waals surface area contributed by atoms with Crippen molar-refractivity contribution in [3.8, 4) is 0 Å². The number of rotatable bonds is 4. The second kappa shape index (κ2) is 5.12. The number of nitrogens with zero attached hydrogens (tertiary/aromatic N) is 2. The van der Waals surface area contributed by atoms with Crippen molar-refractivity contribution in [1.29, 1.82) is 0 Å². The van der Waals surface area contributed by atoms with Gasteiger partial charge in [-0.25, -0.2) is 13.2 Å². The number of anilines is 1. The van der Waals surface area contributed by atoms with Gasteiger partial charge in [0.25, 0.3) is 0 Å². The van der Waals surface area contributed by atoms with Gasteiger partial charge in [0.05, 0.1) is 6.20 Å². The van der Waals surface area contributed by atoms with E-state index in [1.807, 2.05) is 13.1 Å². The third-order valence-electron chi connectivity index (χ3n) is 2.49. The van der Waals surface area contributed by atoms with Crippen molar-refractivity contribution in [2.75, 3.05) is 5.32 Å². The van der Waals surface area contributed by atoms with Gasteiger partial charge < -0.3 is 5.32 Å². The third kappa shape index (κ3) is 2.64. The lowest BCUT2D eigenvalue weighted by molar-refractivity contribution is 0.447. The first kappa shape index (κ1) is 12.5. The van der Waals surface area contributed by atoms with Crippen molar-refractivity contribution in [1.82, 2.24) is 9.78 Å². The van der Waals surface area contributed by atoms with Gasteiger partial charge in [-0.05, 0) is 6.92 Å². The molecule has 18 heavy (non-hydrogen) atoms. The van der Waals surface area contributed by atoms with Gasteiger partial charge in [0.2, 0.25) is 0 Å². The average molecular weight is 255 g/mol. The van der Waals surface area contributed by atoms with Gasteiger partial charge in [0.15, 0.2) is 17.5 Å². The highest BCUT2D eigenvalue weighted by molar-refractivity contribution is 5.44. The van der Waals surface area contributed by atoms with Crippen molar-refractivity contribution >= 4 is 5.69 Å². The van der Waals surface area contributed by atoms with Crippen molar-refractivity contribution in [3.63, 3.8) is 0 Å². The highest BCUT2D eigenvalue weighted by Crippen LogP contribution is 2.17. The van der Waals surface area contributed by atoms with Crippen LogP contribution in [0.5, 0.6) is 0 Å². The standard InChI is InChI=1S/C12H12F3N3/c1-2-18-7-8(6-17-18)5-16-9-3-10(13)12(15)11(14)4-9/h3-4,6-7,16H,2,5H2,1H3.